The highest BCUT2D eigenvalue weighted by atomic mass is 32.1. The molecule has 4 heteroatoms. The molecular formula is C9H17N3S. The zero-order valence-corrected chi connectivity index (χ0v) is 8.57. The summed E-state index contributed by atoms with van der Waals surface area (Å²) in [6.07, 6.45) is 6.84. The predicted molar refractivity (Wildman–Crippen MR) is 56.9 cm³/mol. The molecule has 0 radical (unpaired) electrons. The van der Waals surface area contributed by atoms with Gasteiger partial charge in [0.15, 0.2) is 5.11 Å². The van der Waals surface area contributed by atoms with Gasteiger partial charge in [0.25, 0.3) is 0 Å². The van der Waals surface area contributed by atoms with Crippen LogP contribution in [0.2, 0.25) is 0 Å². The summed E-state index contributed by atoms with van der Waals surface area (Å²) in [5, 5.41) is 3.93. The molecule has 2 rings (SSSR count). The smallest absolute Gasteiger partial charge is 0.180 e. The van der Waals surface area contributed by atoms with Crippen molar-refractivity contribution < 1.29 is 0 Å². The third kappa shape index (κ3) is 2.11. The first-order valence-electron chi connectivity index (χ1n) is 5.08. The number of nitrogens with two attached hydrogens (primary N) is 1. The summed E-state index contributed by atoms with van der Waals surface area (Å²) < 4.78 is 0. The van der Waals surface area contributed by atoms with E-state index in [-0.39, 0.29) is 0 Å². The van der Waals surface area contributed by atoms with E-state index in [1.165, 1.54) is 32.1 Å². The average Bonchev–Trinajstić information content (AvgIpc) is 2.81. The molecular weight excluding hydrogens is 182 g/mol. The van der Waals surface area contributed by atoms with Crippen molar-refractivity contribution in [1.29, 1.82) is 0 Å². The lowest BCUT2D eigenvalue weighted by Crippen LogP contribution is -2.50. The van der Waals surface area contributed by atoms with E-state index in [1.807, 2.05) is 0 Å². The van der Waals surface area contributed by atoms with Crippen LogP contribution in [-0.2, 0) is 0 Å². The standard InChI is InChI=1S/C9H17N3S/c10-12-9(13)11-8(7-4-5-7)6-2-1-3-6/h6-8H,1-5,10H2,(H2,11,12,13). The Balaban J connectivity index is 1.85. The van der Waals surface area contributed by atoms with Gasteiger partial charge in [-0.1, -0.05) is 6.42 Å². The largest absolute Gasteiger partial charge is 0.358 e. The van der Waals surface area contributed by atoms with Crippen LogP contribution in [0.25, 0.3) is 0 Å². The number of thiocarbonyl (C=S) groups is 1. The third-order valence-corrected chi connectivity index (χ3v) is 3.45. The molecule has 0 heterocycles. The summed E-state index contributed by atoms with van der Waals surface area (Å²) in [6, 6.07) is 0.595. The van der Waals surface area contributed by atoms with Crippen LogP contribution in [0.4, 0.5) is 0 Å². The van der Waals surface area contributed by atoms with E-state index in [0.29, 0.717) is 11.2 Å². The minimum atomic E-state index is 0.595. The highest BCUT2D eigenvalue weighted by Gasteiger charge is 2.39. The quantitative estimate of drug-likeness (QED) is 0.359. The topological polar surface area (TPSA) is 50.1 Å². The molecule has 1 unspecified atom stereocenters. The van der Waals surface area contributed by atoms with Crippen LogP contribution in [0, 0.1) is 11.8 Å². The zero-order valence-electron chi connectivity index (χ0n) is 7.75. The van der Waals surface area contributed by atoms with Crippen molar-refractivity contribution in [3.05, 3.63) is 0 Å². The van der Waals surface area contributed by atoms with Crippen LogP contribution in [0.3, 0.4) is 0 Å². The fourth-order valence-electron chi connectivity index (χ4n) is 2.07. The first-order chi connectivity index (χ1) is 6.31. The van der Waals surface area contributed by atoms with Gasteiger partial charge in [-0.05, 0) is 49.7 Å². The van der Waals surface area contributed by atoms with E-state index in [1.54, 1.807) is 0 Å². The summed E-state index contributed by atoms with van der Waals surface area (Å²) in [7, 11) is 0. The molecule has 0 aromatic heterocycles. The van der Waals surface area contributed by atoms with Gasteiger partial charge < -0.3 is 10.7 Å². The van der Waals surface area contributed by atoms with Crippen LogP contribution < -0.4 is 16.6 Å². The number of hydrogen-bond donors (Lipinski definition) is 3. The molecule has 0 saturated heterocycles. The molecule has 74 valence electrons. The predicted octanol–water partition coefficient (Wildman–Crippen LogP) is 0.903. The maximum Gasteiger partial charge on any atom is 0.180 e. The Bertz CT molecular complexity index is 199. The second-order valence-corrected chi connectivity index (χ2v) is 4.58. The number of nitrogens with one attached hydrogen (secondary N) is 2. The summed E-state index contributed by atoms with van der Waals surface area (Å²) in [5.41, 5.74) is 2.50. The van der Waals surface area contributed by atoms with Crippen molar-refractivity contribution in [1.82, 2.24) is 10.7 Å². The molecule has 13 heavy (non-hydrogen) atoms. The maximum absolute atomic E-state index is 5.25. The molecule has 2 saturated carbocycles. The zero-order chi connectivity index (χ0) is 9.26. The molecule has 2 aliphatic carbocycles. The van der Waals surface area contributed by atoms with Crippen molar-refractivity contribution in [2.75, 3.05) is 0 Å². The van der Waals surface area contributed by atoms with Gasteiger partial charge in [0, 0.05) is 6.04 Å². The third-order valence-electron chi connectivity index (χ3n) is 3.22. The monoisotopic (exact) mass is 199 g/mol. The molecule has 0 spiro atoms. The normalized spacial score (nSPS) is 24.7. The Morgan fingerprint density at radius 2 is 1.85 bits per heavy atom. The van der Waals surface area contributed by atoms with E-state index in [4.69, 9.17) is 18.1 Å². The number of rotatable bonds is 3. The van der Waals surface area contributed by atoms with E-state index in [0.717, 1.165) is 11.8 Å². The van der Waals surface area contributed by atoms with E-state index in [2.05, 4.69) is 10.7 Å². The molecule has 0 bridgehead atoms. The summed E-state index contributed by atoms with van der Waals surface area (Å²) in [6.45, 7) is 0. The van der Waals surface area contributed by atoms with Crippen LogP contribution in [0.1, 0.15) is 32.1 Å². The molecule has 4 N–H and O–H groups in total. The molecule has 2 fully saturated rings. The minimum absolute atomic E-state index is 0.595. The van der Waals surface area contributed by atoms with E-state index in [9.17, 15) is 0 Å². The van der Waals surface area contributed by atoms with Crippen molar-refractivity contribution in [2.45, 2.75) is 38.1 Å². The highest BCUT2D eigenvalue weighted by Crippen LogP contribution is 2.42. The molecule has 0 amide bonds. The average molecular weight is 199 g/mol. The lowest BCUT2D eigenvalue weighted by atomic mass is 9.78. The van der Waals surface area contributed by atoms with Crippen molar-refractivity contribution in [3.63, 3.8) is 0 Å². The Morgan fingerprint density at radius 1 is 1.23 bits per heavy atom. The number of hydrogen-bond acceptors (Lipinski definition) is 2. The van der Waals surface area contributed by atoms with Crippen LogP contribution in [0.15, 0.2) is 0 Å². The molecule has 0 aromatic carbocycles. The van der Waals surface area contributed by atoms with Gasteiger partial charge in [0.2, 0.25) is 0 Å². The van der Waals surface area contributed by atoms with E-state index < -0.39 is 0 Å². The first kappa shape index (κ1) is 9.21. The van der Waals surface area contributed by atoms with Gasteiger partial charge in [-0.15, -0.1) is 0 Å². The second-order valence-electron chi connectivity index (χ2n) is 4.17. The highest BCUT2D eigenvalue weighted by molar-refractivity contribution is 7.80. The molecule has 2 aliphatic rings. The lowest BCUT2D eigenvalue weighted by molar-refractivity contribution is 0.228. The van der Waals surface area contributed by atoms with Gasteiger partial charge in [-0.25, -0.2) is 5.84 Å². The summed E-state index contributed by atoms with van der Waals surface area (Å²) >= 11 is 5.02. The summed E-state index contributed by atoms with van der Waals surface area (Å²) in [5.74, 6) is 6.95. The van der Waals surface area contributed by atoms with Gasteiger partial charge >= 0.3 is 0 Å². The molecule has 3 nitrogen and oxygen atoms in total. The van der Waals surface area contributed by atoms with Crippen LogP contribution in [0.5, 0.6) is 0 Å². The van der Waals surface area contributed by atoms with Gasteiger partial charge in [0.1, 0.15) is 0 Å². The van der Waals surface area contributed by atoms with Gasteiger partial charge in [-0.2, -0.15) is 0 Å². The lowest BCUT2D eigenvalue weighted by Gasteiger charge is -2.35. The molecule has 1 atom stereocenters. The Kier molecular flexibility index (Phi) is 2.69. The summed E-state index contributed by atoms with van der Waals surface area (Å²) in [4.78, 5) is 0. The van der Waals surface area contributed by atoms with Crippen molar-refractivity contribution in [2.24, 2.45) is 17.7 Å². The van der Waals surface area contributed by atoms with Crippen LogP contribution in [-0.4, -0.2) is 11.2 Å². The van der Waals surface area contributed by atoms with Crippen LogP contribution >= 0.6 is 12.2 Å². The fourth-order valence-corrected chi connectivity index (χ4v) is 2.20. The maximum atomic E-state index is 5.25. The molecule has 0 aliphatic heterocycles. The van der Waals surface area contributed by atoms with E-state index >= 15 is 0 Å². The first-order valence-corrected chi connectivity index (χ1v) is 5.49. The van der Waals surface area contributed by atoms with Gasteiger partial charge in [-0.3, -0.25) is 0 Å². The number of hydrazine groups is 1. The molecule has 0 aromatic rings. The Morgan fingerprint density at radius 3 is 2.23 bits per heavy atom. The van der Waals surface area contributed by atoms with Gasteiger partial charge in [0.05, 0.1) is 0 Å². The SMILES string of the molecule is NNC(=S)NC(C1CCC1)C1CC1. The Labute approximate surface area is 84.4 Å². The Hall–Kier alpha value is -0.350. The van der Waals surface area contributed by atoms with Crippen molar-refractivity contribution in [3.8, 4) is 0 Å². The van der Waals surface area contributed by atoms with Crippen molar-refractivity contribution >= 4 is 17.3 Å². The minimum Gasteiger partial charge on any atom is -0.358 e. The fraction of sp³-hybridized carbons (Fsp3) is 0.889. The second kappa shape index (κ2) is 3.80.